The number of aromatic nitrogens is 3. The molecule has 1 amide bonds. The highest BCUT2D eigenvalue weighted by Crippen LogP contribution is 2.43. The first-order valence-electron chi connectivity index (χ1n) is 8.01. The number of aromatic amines is 1. The lowest BCUT2D eigenvalue weighted by atomic mass is 9.64. The Morgan fingerprint density at radius 2 is 2.17 bits per heavy atom. The molecule has 0 aliphatic heterocycles. The van der Waals surface area contributed by atoms with Gasteiger partial charge in [-0.1, -0.05) is 44.2 Å². The van der Waals surface area contributed by atoms with Crippen molar-refractivity contribution in [2.45, 2.75) is 45.6 Å². The number of ether oxygens (including phenoxy) is 1. The standard InChI is InChI=1S/C17H22N4O3/c1-17(2)13(19-15(22)9-21-11-18-20-16(21)23)8-14(17)24-10-12-6-4-3-5-7-12/h3-7,11,13-14H,8-10H2,1-2H3,(H,19,22)(H,20,23)/t13-,14-/m1/s1. The van der Waals surface area contributed by atoms with E-state index in [4.69, 9.17) is 4.74 Å². The molecule has 1 aromatic heterocycles. The number of benzene rings is 1. The van der Waals surface area contributed by atoms with E-state index >= 15 is 0 Å². The van der Waals surface area contributed by atoms with Crippen molar-refractivity contribution < 1.29 is 9.53 Å². The second-order valence-corrected chi connectivity index (χ2v) is 6.75. The fraction of sp³-hybridized carbons (Fsp3) is 0.471. The maximum atomic E-state index is 12.1. The SMILES string of the molecule is CC1(C)[C@H](NC(=O)Cn2cn[nH]c2=O)C[C@H]1OCc1ccccc1. The van der Waals surface area contributed by atoms with Gasteiger partial charge in [0.15, 0.2) is 0 Å². The van der Waals surface area contributed by atoms with E-state index in [0.29, 0.717) is 6.61 Å². The predicted octanol–water partition coefficient (Wildman–Crippen LogP) is 1.07. The van der Waals surface area contributed by atoms with E-state index in [1.165, 1.54) is 10.9 Å². The summed E-state index contributed by atoms with van der Waals surface area (Å²) in [5.74, 6) is -0.196. The molecule has 0 radical (unpaired) electrons. The van der Waals surface area contributed by atoms with Gasteiger partial charge in [-0.3, -0.25) is 9.36 Å². The van der Waals surface area contributed by atoms with E-state index in [0.717, 1.165) is 12.0 Å². The molecule has 2 aromatic rings. The van der Waals surface area contributed by atoms with Crippen molar-refractivity contribution in [1.82, 2.24) is 20.1 Å². The van der Waals surface area contributed by atoms with Crippen molar-refractivity contribution in [2.75, 3.05) is 0 Å². The summed E-state index contributed by atoms with van der Waals surface area (Å²) in [4.78, 5) is 23.5. The summed E-state index contributed by atoms with van der Waals surface area (Å²) in [5, 5.41) is 8.86. The summed E-state index contributed by atoms with van der Waals surface area (Å²) >= 11 is 0. The fourth-order valence-corrected chi connectivity index (χ4v) is 2.96. The topological polar surface area (TPSA) is 89.0 Å². The van der Waals surface area contributed by atoms with E-state index in [2.05, 4.69) is 29.4 Å². The van der Waals surface area contributed by atoms with Crippen LogP contribution in [0.5, 0.6) is 0 Å². The maximum Gasteiger partial charge on any atom is 0.343 e. The minimum Gasteiger partial charge on any atom is -0.373 e. The van der Waals surface area contributed by atoms with E-state index < -0.39 is 0 Å². The molecule has 7 nitrogen and oxygen atoms in total. The number of nitrogens with zero attached hydrogens (tertiary/aromatic N) is 2. The van der Waals surface area contributed by atoms with Crippen LogP contribution in [0.25, 0.3) is 0 Å². The lowest BCUT2D eigenvalue weighted by Crippen LogP contribution is -2.62. The van der Waals surface area contributed by atoms with Crippen LogP contribution in [0.1, 0.15) is 25.8 Å². The molecule has 1 aliphatic rings. The third-order valence-electron chi connectivity index (χ3n) is 4.74. The molecule has 0 bridgehead atoms. The number of hydrogen-bond acceptors (Lipinski definition) is 4. The first-order chi connectivity index (χ1) is 11.5. The Morgan fingerprint density at radius 1 is 1.42 bits per heavy atom. The third kappa shape index (κ3) is 3.41. The summed E-state index contributed by atoms with van der Waals surface area (Å²) in [7, 11) is 0. The zero-order chi connectivity index (χ0) is 17.2. The minimum absolute atomic E-state index is 0.0303. The monoisotopic (exact) mass is 330 g/mol. The van der Waals surface area contributed by atoms with Crippen molar-refractivity contribution in [1.29, 1.82) is 0 Å². The van der Waals surface area contributed by atoms with Crippen LogP contribution < -0.4 is 11.0 Å². The Hall–Kier alpha value is -2.41. The van der Waals surface area contributed by atoms with Crippen molar-refractivity contribution >= 4 is 5.91 Å². The summed E-state index contributed by atoms with van der Waals surface area (Å²) < 4.78 is 7.24. The normalized spacial score (nSPS) is 21.9. The average Bonchev–Trinajstić information content (AvgIpc) is 2.96. The molecule has 0 spiro atoms. The largest absolute Gasteiger partial charge is 0.373 e. The van der Waals surface area contributed by atoms with Gasteiger partial charge in [0.25, 0.3) is 0 Å². The van der Waals surface area contributed by atoms with E-state index in [1.807, 2.05) is 30.3 Å². The number of carbonyl (C=O) groups is 1. The van der Waals surface area contributed by atoms with Crippen LogP contribution in [0.15, 0.2) is 41.5 Å². The van der Waals surface area contributed by atoms with Crippen molar-refractivity contribution in [3.8, 4) is 0 Å². The Kier molecular flexibility index (Phi) is 4.53. The highest BCUT2D eigenvalue weighted by atomic mass is 16.5. The Balaban J connectivity index is 1.49. The molecule has 1 fully saturated rings. The fourth-order valence-electron chi connectivity index (χ4n) is 2.96. The molecule has 24 heavy (non-hydrogen) atoms. The Bertz CT molecular complexity index is 750. The molecule has 2 N–H and O–H groups in total. The molecule has 7 heteroatoms. The number of nitrogens with one attached hydrogen (secondary N) is 2. The van der Waals surface area contributed by atoms with Gasteiger partial charge in [0.05, 0.1) is 12.7 Å². The van der Waals surface area contributed by atoms with E-state index in [-0.39, 0.29) is 35.7 Å². The minimum atomic E-state index is -0.387. The summed E-state index contributed by atoms with van der Waals surface area (Å²) in [5.41, 5.74) is 0.605. The van der Waals surface area contributed by atoms with Gasteiger partial charge in [0, 0.05) is 11.5 Å². The highest BCUT2D eigenvalue weighted by Gasteiger charge is 2.49. The Labute approximate surface area is 140 Å². The molecule has 1 aromatic carbocycles. The van der Waals surface area contributed by atoms with Crippen LogP contribution in [0.2, 0.25) is 0 Å². The zero-order valence-electron chi connectivity index (χ0n) is 13.9. The molecule has 2 atom stereocenters. The summed E-state index contributed by atoms with van der Waals surface area (Å²) in [6, 6.07) is 10.1. The molecular weight excluding hydrogens is 308 g/mol. The smallest absolute Gasteiger partial charge is 0.343 e. The van der Waals surface area contributed by atoms with E-state index in [9.17, 15) is 9.59 Å². The maximum absolute atomic E-state index is 12.1. The van der Waals surface area contributed by atoms with Gasteiger partial charge in [-0.2, -0.15) is 5.10 Å². The van der Waals surface area contributed by atoms with E-state index in [1.54, 1.807) is 0 Å². The molecule has 1 aliphatic carbocycles. The lowest BCUT2D eigenvalue weighted by molar-refractivity contribution is -0.141. The van der Waals surface area contributed by atoms with Crippen molar-refractivity contribution in [3.05, 3.63) is 52.7 Å². The first-order valence-corrected chi connectivity index (χ1v) is 8.01. The zero-order valence-corrected chi connectivity index (χ0v) is 13.9. The average molecular weight is 330 g/mol. The third-order valence-corrected chi connectivity index (χ3v) is 4.74. The van der Waals surface area contributed by atoms with Crippen LogP contribution in [-0.4, -0.2) is 32.8 Å². The van der Waals surface area contributed by atoms with Gasteiger partial charge in [-0.25, -0.2) is 9.89 Å². The molecule has 3 rings (SSSR count). The second-order valence-electron chi connectivity index (χ2n) is 6.75. The van der Waals surface area contributed by atoms with Gasteiger partial charge < -0.3 is 10.1 Å². The molecular formula is C17H22N4O3. The second kappa shape index (κ2) is 6.60. The van der Waals surface area contributed by atoms with Crippen LogP contribution in [0.4, 0.5) is 0 Å². The van der Waals surface area contributed by atoms with Crippen LogP contribution in [0.3, 0.4) is 0 Å². The van der Waals surface area contributed by atoms with Gasteiger partial charge >= 0.3 is 5.69 Å². The van der Waals surface area contributed by atoms with Gasteiger partial charge in [-0.15, -0.1) is 0 Å². The number of H-pyrrole nitrogens is 1. The van der Waals surface area contributed by atoms with Crippen LogP contribution in [0, 0.1) is 5.41 Å². The summed E-state index contributed by atoms with van der Waals surface area (Å²) in [6.07, 6.45) is 2.19. The van der Waals surface area contributed by atoms with Gasteiger partial charge in [0.1, 0.15) is 12.9 Å². The molecule has 128 valence electrons. The number of carbonyl (C=O) groups excluding carboxylic acids is 1. The molecule has 1 heterocycles. The van der Waals surface area contributed by atoms with Crippen LogP contribution >= 0.6 is 0 Å². The predicted molar refractivity (Wildman–Crippen MR) is 88.2 cm³/mol. The molecule has 0 unspecified atom stereocenters. The first kappa shape index (κ1) is 16.4. The molecule has 1 saturated carbocycles. The number of amides is 1. The van der Waals surface area contributed by atoms with Gasteiger partial charge in [-0.05, 0) is 12.0 Å². The van der Waals surface area contributed by atoms with Crippen molar-refractivity contribution in [2.24, 2.45) is 5.41 Å². The number of rotatable bonds is 6. The summed E-state index contributed by atoms with van der Waals surface area (Å²) in [6.45, 7) is 4.71. The van der Waals surface area contributed by atoms with Crippen LogP contribution in [-0.2, 0) is 22.7 Å². The Morgan fingerprint density at radius 3 is 2.79 bits per heavy atom. The quantitative estimate of drug-likeness (QED) is 0.829. The lowest BCUT2D eigenvalue weighted by Gasteiger charge is -2.51. The van der Waals surface area contributed by atoms with Gasteiger partial charge in [0.2, 0.25) is 5.91 Å². The number of hydrogen-bond donors (Lipinski definition) is 2. The van der Waals surface area contributed by atoms with Crippen molar-refractivity contribution in [3.63, 3.8) is 0 Å². The molecule has 0 saturated heterocycles. The highest BCUT2D eigenvalue weighted by molar-refractivity contribution is 5.76.